The predicted octanol–water partition coefficient (Wildman–Crippen LogP) is 0.630. The number of amides is 1. The fourth-order valence-corrected chi connectivity index (χ4v) is 1.64. The molecule has 0 aliphatic carbocycles. The third-order valence-corrected chi connectivity index (χ3v) is 2.56. The van der Waals surface area contributed by atoms with E-state index in [1.54, 1.807) is 24.3 Å². The highest BCUT2D eigenvalue weighted by atomic mass is 16.5. The van der Waals surface area contributed by atoms with E-state index in [1.807, 2.05) is 13.8 Å². The Morgan fingerprint density at radius 2 is 2.16 bits per heavy atom. The second-order valence-electron chi connectivity index (χ2n) is 4.63. The molecule has 0 saturated heterocycles. The maximum Gasteiger partial charge on any atom is 0.427 e. The van der Waals surface area contributed by atoms with Crippen LogP contribution in [0.5, 0.6) is 0 Å². The van der Waals surface area contributed by atoms with Crippen molar-refractivity contribution < 1.29 is 14.0 Å². The molecular weight excluding hydrogens is 246 g/mol. The van der Waals surface area contributed by atoms with Crippen LogP contribution in [0.4, 0.5) is 0 Å². The van der Waals surface area contributed by atoms with Crippen LogP contribution in [-0.2, 0) is 0 Å². The summed E-state index contributed by atoms with van der Waals surface area (Å²) >= 11 is 0. The van der Waals surface area contributed by atoms with Gasteiger partial charge in [-0.15, -0.1) is 0 Å². The minimum atomic E-state index is -0.502. The van der Waals surface area contributed by atoms with Gasteiger partial charge in [0.2, 0.25) is 0 Å². The van der Waals surface area contributed by atoms with Gasteiger partial charge in [0.25, 0.3) is 17.8 Å². The third kappa shape index (κ3) is 3.09. The molecule has 1 aromatic heterocycles. The van der Waals surface area contributed by atoms with Gasteiger partial charge in [0.05, 0.1) is 0 Å². The summed E-state index contributed by atoms with van der Waals surface area (Å²) < 4.78 is 5.98. The number of carbonyl (C=O) groups excluding carboxylic acids is 1. The fraction of sp³-hybridized carbons (Fsp3) is 0.308. The Kier molecular flexibility index (Phi) is 3.79. The number of benzene rings is 1. The molecule has 1 amide bonds. The third-order valence-electron chi connectivity index (χ3n) is 2.56. The maximum atomic E-state index is 12.1. The maximum absolute atomic E-state index is 12.1. The van der Waals surface area contributed by atoms with E-state index in [4.69, 9.17) is 0 Å². The summed E-state index contributed by atoms with van der Waals surface area (Å²) in [5.41, 5.74) is 0.539. The minimum Gasteiger partial charge on any atom is -0.352 e. The topological polar surface area (TPSA) is 79.0 Å². The normalized spacial score (nSPS) is 10.7. The number of hydrogen-bond donors (Lipinski definition) is 2. The number of aromatic amines is 1. The van der Waals surface area contributed by atoms with E-state index in [1.165, 1.54) is 10.9 Å². The van der Waals surface area contributed by atoms with Gasteiger partial charge in [-0.3, -0.25) is 9.32 Å². The van der Waals surface area contributed by atoms with Crippen molar-refractivity contribution in [2.45, 2.75) is 13.8 Å². The predicted molar refractivity (Wildman–Crippen MR) is 68.0 cm³/mol. The molecule has 0 fully saturated rings. The summed E-state index contributed by atoms with van der Waals surface area (Å²) in [4.78, 5) is 23.1. The quantitative estimate of drug-likeness (QED) is 0.793. The van der Waals surface area contributed by atoms with Gasteiger partial charge >= 0.3 is 5.63 Å². The van der Waals surface area contributed by atoms with E-state index < -0.39 is 5.63 Å². The van der Waals surface area contributed by atoms with E-state index in [0.717, 1.165) is 0 Å². The Bertz CT molecular complexity index is 628. The molecule has 0 atom stereocenters. The molecule has 2 N–H and O–H groups in total. The number of carbonyl (C=O) groups is 1. The van der Waals surface area contributed by atoms with Gasteiger partial charge in [-0.25, -0.2) is 4.79 Å². The van der Waals surface area contributed by atoms with Gasteiger partial charge in [-0.05, 0) is 21.9 Å². The lowest BCUT2D eigenvalue weighted by Crippen LogP contribution is -2.37. The number of hydrogen-bond acceptors (Lipinski definition) is 3. The first kappa shape index (κ1) is 13.1. The number of H-pyrrole nitrogens is 1. The van der Waals surface area contributed by atoms with E-state index >= 15 is 0 Å². The highest BCUT2D eigenvalue weighted by Crippen LogP contribution is 2.07. The molecule has 0 radical (unpaired) electrons. The second kappa shape index (κ2) is 5.51. The van der Waals surface area contributed by atoms with Crippen molar-refractivity contribution in [3.63, 3.8) is 0 Å². The van der Waals surface area contributed by atoms with Crippen LogP contribution in [0.1, 0.15) is 24.2 Å². The van der Waals surface area contributed by atoms with Gasteiger partial charge < -0.3 is 5.32 Å². The molecule has 0 spiro atoms. The summed E-state index contributed by atoms with van der Waals surface area (Å²) in [6.07, 6.45) is 1.24. The van der Waals surface area contributed by atoms with Crippen LogP contribution in [0.15, 0.2) is 39.8 Å². The largest absolute Gasteiger partial charge is 0.427 e. The highest BCUT2D eigenvalue weighted by Gasteiger charge is 2.20. The van der Waals surface area contributed by atoms with E-state index in [-0.39, 0.29) is 5.91 Å². The Balaban J connectivity index is 2.31. The molecule has 6 heteroatoms. The van der Waals surface area contributed by atoms with Gasteiger partial charge in [0.1, 0.15) is 5.56 Å². The zero-order chi connectivity index (χ0) is 13.8. The Labute approximate surface area is 110 Å². The first-order valence-electron chi connectivity index (χ1n) is 6.05. The second-order valence-corrected chi connectivity index (χ2v) is 4.63. The molecule has 0 unspecified atom stereocenters. The Morgan fingerprint density at radius 3 is 2.79 bits per heavy atom. The molecule has 2 aromatic rings. The van der Waals surface area contributed by atoms with Crippen molar-refractivity contribution in [1.29, 1.82) is 0 Å². The summed E-state index contributed by atoms with van der Waals surface area (Å²) in [6.45, 7) is 4.64. The number of rotatable bonds is 4. The fourth-order valence-electron chi connectivity index (χ4n) is 1.64. The number of nitrogens with one attached hydrogen (secondary N) is 2. The SMILES string of the molecule is CC(C)CNC(=O)c1ccccc1-[n+]1cc(=O)o[nH]1. The number of aromatic nitrogens is 2. The first-order chi connectivity index (χ1) is 9.08. The van der Waals surface area contributed by atoms with Crippen molar-refractivity contribution in [1.82, 2.24) is 10.6 Å². The van der Waals surface area contributed by atoms with Crippen molar-refractivity contribution >= 4 is 5.91 Å². The minimum absolute atomic E-state index is 0.182. The van der Waals surface area contributed by atoms with Gasteiger partial charge in [0, 0.05) is 12.6 Å². The number of para-hydroxylation sites is 1. The van der Waals surface area contributed by atoms with Crippen molar-refractivity contribution in [3.05, 3.63) is 46.4 Å². The number of nitrogens with zero attached hydrogens (tertiary/aromatic N) is 1. The zero-order valence-electron chi connectivity index (χ0n) is 10.8. The lowest BCUT2D eigenvalue weighted by molar-refractivity contribution is -0.670. The lowest BCUT2D eigenvalue weighted by atomic mass is 10.1. The monoisotopic (exact) mass is 262 g/mol. The average Bonchev–Trinajstić information content (AvgIpc) is 2.82. The van der Waals surface area contributed by atoms with Crippen LogP contribution in [0.25, 0.3) is 5.69 Å². The van der Waals surface area contributed by atoms with Crippen molar-refractivity contribution in [2.24, 2.45) is 5.92 Å². The molecule has 1 heterocycles. The van der Waals surface area contributed by atoms with Gasteiger partial charge in [-0.1, -0.05) is 26.0 Å². The van der Waals surface area contributed by atoms with Crippen LogP contribution in [0, 0.1) is 5.92 Å². The highest BCUT2D eigenvalue weighted by molar-refractivity contribution is 5.96. The van der Waals surface area contributed by atoms with Crippen LogP contribution < -0.4 is 15.6 Å². The van der Waals surface area contributed by atoms with Crippen LogP contribution in [0.2, 0.25) is 0 Å². The zero-order valence-corrected chi connectivity index (χ0v) is 10.8. The Morgan fingerprint density at radius 1 is 1.42 bits per heavy atom. The van der Waals surface area contributed by atoms with E-state index in [0.29, 0.717) is 23.7 Å². The summed E-state index contributed by atoms with van der Waals surface area (Å²) in [5.74, 6) is 0.191. The molecule has 100 valence electrons. The van der Waals surface area contributed by atoms with Crippen LogP contribution in [0.3, 0.4) is 0 Å². The molecule has 0 aliphatic rings. The molecule has 0 saturated carbocycles. The average molecular weight is 262 g/mol. The molecule has 2 rings (SSSR count). The summed E-state index contributed by atoms with van der Waals surface area (Å²) in [6, 6.07) is 6.98. The standard InChI is InChI=1S/C13H15N3O3/c1-9(2)7-14-13(18)10-5-3-4-6-11(10)16-8-12(17)19-15-16/h3-6,8-9H,7H2,1-2H3,(H-,14,15,17,18)/p+1. The molecule has 0 bridgehead atoms. The molecule has 0 aliphatic heterocycles. The summed E-state index contributed by atoms with van der Waals surface area (Å²) in [5, 5.41) is 5.27. The van der Waals surface area contributed by atoms with E-state index in [9.17, 15) is 9.59 Å². The molecule has 1 aromatic carbocycles. The van der Waals surface area contributed by atoms with Gasteiger partial charge in [0.15, 0.2) is 0 Å². The van der Waals surface area contributed by atoms with E-state index in [2.05, 4.69) is 15.1 Å². The van der Waals surface area contributed by atoms with Crippen molar-refractivity contribution in [3.8, 4) is 5.69 Å². The van der Waals surface area contributed by atoms with Crippen molar-refractivity contribution in [2.75, 3.05) is 6.54 Å². The molecule has 19 heavy (non-hydrogen) atoms. The first-order valence-corrected chi connectivity index (χ1v) is 6.05. The van der Waals surface area contributed by atoms with Crippen LogP contribution in [-0.4, -0.2) is 17.7 Å². The van der Waals surface area contributed by atoms with Crippen LogP contribution >= 0.6 is 0 Å². The molecular formula is C13H16N3O3+. The van der Waals surface area contributed by atoms with Gasteiger partial charge in [-0.2, -0.15) is 0 Å². The smallest absolute Gasteiger partial charge is 0.352 e. The lowest BCUT2D eigenvalue weighted by Gasteiger charge is -2.07. The Hall–Kier alpha value is -2.37. The molecule has 6 nitrogen and oxygen atoms in total. The summed E-state index contributed by atoms with van der Waals surface area (Å²) in [7, 11) is 0.